The van der Waals surface area contributed by atoms with Crippen LogP contribution in [-0.2, 0) is 0 Å². The lowest BCUT2D eigenvalue weighted by atomic mass is 10.0. The molecule has 0 fully saturated rings. The largest absolute Gasteiger partial charge is 0.493 e. The highest BCUT2D eigenvalue weighted by molar-refractivity contribution is 5.37. The standard InChI is InChI=1S/C10H12F3NO/c1-15-10-6(3-2-4-7(10)11)8(14)5-9(12)13/h2-4,8-9H,5,14H2,1H3/t8-/m0/s1. The summed E-state index contributed by atoms with van der Waals surface area (Å²) in [4.78, 5) is 0. The van der Waals surface area contributed by atoms with Crippen molar-refractivity contribution in [1.29, 1.82) is 0 Å². The van der Waals surface area contributed by atoms with Gasteiger partial charge in [-0.3, -0.25) is 0 Å². The third-order valence-electron chi connectivity index (χ3n) is 2.03. The molecule has 0 aliphatic rings. The Morgan fingerprint density at radius 2 is 2.07 bits per heavy atom. The second-order valence-electron chi connectivity index (χ2n) is 3.10. The lowest BCUT2D eigenvalue weighted by Gasteiger charge is -2.15. The van der Waals surface area contributed by atoms with Crippen molar-refractivity contribution in [3.8, 4) is 5.75 Å². The topological polar surface area (TPSA) is 35.2 Å². The number of alkyl halides is 2. The molecule has 84 valence electrons. The summed E-state index contributed by atoms with van der Waals surface area (Å²) in [5.74, 6) is -0.662. The fourth-order valence-corrected chi connectivity index (χ4v) is 1.35. The van der Waals surface area contributed by atoms with E-state index in [1.54, 1.807) is 0 Å². The van der Waals surface area contributed by atoms with Crippen molar-refractivity contribution in [3.05, 3.63) is 29.6 Å². The molecule has 0 spiro atoms. The minimum Gasteiger partial charge on any atom is -0.493 e. The van der Waals surface area contributed by atoms with Crippen molar-refractivity contribution in [1.82, 2.24) is 0 Å². The van der Waals surface area contributed by atoms with Gasteiger partial charge in [0, 0.05) is 18.0 Å². The van der Waals surface area contributed by atoms with Gasteiger partial charge in [0.2, 0.25) is 6.43 Å². The molecule has 0 aliphatic heterocycles. The maximum Gasteiger partial charge on any atom is 0.240 e. The summed E-state index contributed by atoms with van der Waals surface area (Å²) in [6.07, 6.45) is -3.03. The first-order valence-corrected chi connectivity index (χ1v) is 4.42. The van der Waals surface area contributed by atoms with Gasteiger partial charge < -0.3 is 10.5 Å². The molecule has 0 heterocycles. The molecule has 15 heavy (non-hydrogen) atoms. The van der Waals surface area contributed by atoms with E-state index in [0.29, 0.717) is 0 Å². The van der Waals surface area contributed by atoms with Gasteiger partial charge in [-0.1, -0.05) is 12.1 Å². The first-order valence-electron chi connectivity index (χ1n) is 4.42. The normalized spacial score (nSPS) is 12.9. The molecule has 0 bridgehead atoms. The molecule has 0 amide bonds. The van der Waals surface area contributed by atoms with Gasteiger partial charge in [-0.15, -0.1) is 0 Å². The summed E-state index contributed by atoms with van der Waals surface area (Å²) >= 11 is 0. The van der Waals surface area contributed by atoms with Crippen LogP contribution in [0.2, 0.25) is 0 Å². The van der Waals surface area contributed by atoms with Crippen LogP contribution in [-0.4, -0.2) is 13.5 Å². The van der Waals surface area contributed by atoms with E-state index in [0.717, 1.165) is 0 Å². The number of nitrogens with two attached hydrogens (primary N) is 1. The van der Waals surface area contributed by atoms with E-state index in [2.05, 4.69) is 0 Å². The minimum atomic E-state index is -2.52. The Bertz CT molecular complexity index is 330. The first-order chi connectivity index (χ1) is 7.06. The van der Waals surface area contributed by atoms with Crippen molar-refractivity contribution in [2.24, 2.45) is 5.73 Å². The number of hydrogen-bond acceptors (Lipinski definition) is 2. The van der Waals surface area contributed by atoms with Crippen LogP contribution >= 0.6 is 0 Å². The molecule has 0 aliphatic carbocycles. The molecule has 1 rings (SSSR count). The zero-order valence-corrected chi connectivity index (χ0v) is 8.21. The third-order valence-corrected chi connectivity index (χ3v) is 2.03. The van der Waals surface area contributed by atoms with Crippen LogP contribution in [0.3, 0.4) is 0 Å². The van der Waals surface area contributed by atoms with Crippen LogP contribution in [0.4, 0.5) is 13.2 Å². The van der Waals surface area contributed by atoms with E-state index in [4.69, 9.17) is 10.5 Å². The second-order valence-corrected chi connectivity index (χ2v) is 3.10. The maximum atomic E-state index is 13.2. The van der Waals surface area contributed by atoms with Crippen LogP contribution in [0.25, 0.3) is 0 Å². The van der Waals surface area contributed by atoms with Crippen molar-refractivity contribution in [2.45, 2.75) is 18.9 Å². The molecule has 0 radical (unpaired) electrons. The number of ether oxygens (including phenoxy) is 1. The van der Waals surface area contributed by atoms with Crippen LogP contribution in [0.15, 0.2) is 18.2 Å². The van der Waals surface area contributed by atoms with E-state index in [9.17, 15) is 13.2 Å². The molecule has 0 aromatic heterocycles. The van der Waals surface area contributed by atoms with E-state index >= 15 is 0 Å². The van der Waals surface area contributed by atoms with E-state index in [1.165, 1.54) is 25.3 Å². The summed E-state index contributed by atoms with van der Waals surface area (Å²) in [5, 5.41) is 0. The average molecular weight is 219 g/mol. The summed E-state index contributed by atoms with van der Waals surface area (Å²) in [7, 11) is 1.27. The van der Waals surface area contributed by atoms with Crippen molar-refractivity contribution >= 4 is 0 Å². The van der Waals surface area contributed by atoms with Crippen molar-refractivity contribution in [2.75, 3.05) is 7.11 Å². The molecule has 5 heteroatoms. The summed E-state index contributed by atoms with van der Waals surface area (Å²) in [6.45, 7) is 0. The van der Waals surface area contributed by atoms with Crippen LogP contribution < -0.4 is 10.5 Å². The lowest BCUT2D eigenvalue weighted by Crippen LogP contribution is -2.15. The van der Waals surface area contributed by atoms with Crippen LogP contribution in [0.5, 0.6) is 5.75 Å². The van der Waals surface area contributed by atoms with Gasteiger partial charge >= 0.3 is 0 Å². The summed E-state index contributed by atoms with van der Waals surface area (Å²) in [5.41, 5.74) is 5.78. The number of hydrogen-bond donors (Lipinski definition) is 1. The third kappa shape index (κ3) is 2.86. The van der Waals surface area contributed by atoms with Crippen LogP contribution in [0.1, 0.15) is 18.0 Å². The van der Waals surface area contributed by atoms with Gasteiger partial charge in [-0.2, -0.15) is 0 Å². The Hall–Kier alpha value is -1.23. The Kier molecular flexibility index (Phi) is 3.96. The minimum absolute atomic E-state index is 0.0642. The van der Waals surface area contributed by atoms with Gasteiger partial charge in [0.1, 0.15) is 0 Å². The maximum absolute atomic E-state index is 13.2. The highest BCUT2D eigenvalue weighted by atomic mass is 19.3. The van der Waals surface area contributed by atoms with Crippen LogP contribution in [0, 0.1) is 5.82 Å². The Balaban J connectivity index is 2.97. The fraction of sp³-hybridized carbons (Fsp3) is 0.400. The number of rotatable bonds is 4. The number of methoxy groups -OCH3 is 1. The highest BCUT2D eigenvalue weighted by Crippen LogP contribution is 2.29. The molecule has 0 saturated carbocycles. The Morgan fingerprint density at radius 1 is 1.40 bits per heavy atom. The molecule has 2 nitrogen and oxygen atoms in total. The second kappa shape index (κ2) is 5.02. The zero-order chi connectivity index (χ0) is 11.4. The average Bonchev–Trinajstić information content (AvgIpc) is 2.16. The monoisotopic (exact) mass is 219 g/mol. The molecule has 1 aromatic carbocycles. The van der Waals surface area contributed by atoms with Gasteiger partial charge in [-0.25, -0.2) is 13.2 Å². The smallest absolute Gasteiger partial charge is 0.240 e. The molecule has 1 atom stereocenters. The predicted octanol–water partition coefficient (Wildman–Crippen LogP) is 2.49. The molecular weight excluding hydrogens is 207 g/mol. The first kappa shape index (κ1) is 11.8. The van der Waals surface area contributed by atoms with Gasteiger partial charge in [0.15, 0.2) is 11.6 Å². The molecular formula is C10H12F3NO. The van der Waals surface area contributed by atoms with Crippen molar-refractivity contribution < 1.29 is 17.9 Å². The van der Waals surface area contributed by atoms with Gasteiger partial charge in [0.05, 0.1) is 7.11 Å². The number of halogens is 3. The number of para-hydroxylation sites is 1. The van der Waals surface area contributed by atoms with Crippen molar-refractivity contribution in [3.63, 3.8) is 0 Å². The Morgan fingerprint density at radius 3 is 2.60 bits per heavy atom. The molecule has 2 N–H and O–H groups in total. The van der Waals surface area contributed by atoms with E-state index in [-0.39, 0.29) is 11.3 Å². The summed E-state index contributed by atoms with van der Waals surface area (Å²) in [6, 6.07) is 3.17. The predicted molar refractivity (Wildman–Crippen MR) is 50.5 cm³/mol. The Labute approximate surface area is 85.8 Å². The molecule has 1 aromatic rings. The quantitative estimate of drug-likeness (QED) is 0.844. The molecule has 0 unspecified atom stereocenters. The van der Waals surface area contributed by atoms with Gasteiger partial charge in [0.25, 0.3) is 0 Å². The van der Waals surface area contributed by atoms with E-state index < -0.39 is 24.7 Å². The van der Waals surface area contributed by atoms with Gasteiger partial charge in [-0.05, 0) is 6.07 Å². The number of benzene rings is 1. The van der Waals surface area contributed by atoms with E-state index in [1.807, 2.05) is 0 Å². The molecule has 0 saturated heterocycles. The SMILES string of the molecule is COc1c(F)cccc1[C@@H](N)CC(F)F. The fourth-order valence-electron chi connectivity index (χ4n) is 1.35. The highest BCUT2D eigenvalue weighted by Gasteiger charge is 2.18. The summed E-state index contributed by atoms with van der Waals surface area (Å²) < 4.78 is 42.1. The lowest BCUT2D eigenvalue weighted by molar-refractivity contribution is 0.128. The zero-order valence-electron chi connectivity index (χ0n) is 8.21.